The van der Waals surface area contributed by atoms with Gasteiger partial charge in [0.15, 0.2) is 0 Å². The van der Waals surface area contributed by atoms with Crippen LogP contribution in [0.4, 0.5) is 5.69 Å². The molecule has 0 atom stereocenters. The summed E-state index contributed by atoms with van der Waals surface area (Å²) in [5, 5.41) is 0. The van der Waals surface area contributed by atoms with E-state index in [4.69, 9.17) is 4.74 Å². The van der Waals surface area contributed by atoms with Crippen LogP contribution in [0.3, 0.4) is 0 Å². The molecular weight excluding hydrogens is 374 g/mol. The number of aryl methyl sites for hydroxylation is 1. The highest BCUT2D eigenvalue weighted by atomic mass is 16.5. The monoisotopic (exact) mass is 403 g/mol. The third kappa shape index (κ3) is 3.42. The van der Waals surface area contributed by atoms with Crippen molar-refractivity contribution in [3.05, 3.63) is 59.7 Å². The Morgan fingerprint density at radius 3 is 1.93 bits per heavy atom. The average Bonchev–Trinajstić information content (AvgIpc) is 2.73. The van der Waals surface area contributed by atoms with Crippen molar-refractivity contribution < 1.29 is 14.3 Å². The van der Waals surface area contributed by atoms with Gasteiger partial charge in [-0.25, -0.2) is 0 Å². The van der Waals surface area contributed by atoms with Crippen molar-refractivity contribution in [2.24, 2.45) is 23.2 Å². The van der Waals surface area contributed by atoms with Crippen LogP contribution < -0.4 is 9.64 Å². The summed E-state index contributed by atoms with van der Waals surface area (Å²) in [6.45, 7) is 2.00. The fraction of sp³-hybridized carbons (Fsp3) is 0.462. The Morgan fingerprint density at radius 1 is 0.867 bits per heavy atom. The number of nitrogens with zero attached hydrogens (tertiary/aromatic N) is 1. The van der Waals surface area contributed by atoms with Crippen LogP contribution in [-0.2, 0) is 4.79 Å². The minimum absolute atomic E-state index is 0.0431. The third-order valence-electron chi connectivity index (χ3n) is 7.51. The number of ether oxygens (including phenoxy) is 1. The largest absolute Gasteiger partial charge is 0.426 e. The van der Waals surface area contributed by atoms with Crippen LogP contribution in [0.15, 0.2) is 48.5 Å². The highest BCUT2D eigenvalue weighted by Crippen LogP contribution is 2.60. The molecule has 4 aliphatic rings. The van der Waals surface area contributed by atoms with E-state index >= 15 is 0 Å². The lowest BCUT2D eigenvalue weighted by atomic mass is 9.49. The molecule has 4 fully saturated rings. The van der Waals surface area contributed by atoms with Crippen LogP contribution in [0.2, 0.25) is 0 Å². The lowest BCUT2D eigenvalue weighted by molar-refractivity contribution is -0.161. The SMILES string of the molecule is Cc1ccc(C(=O)N(C)c2ccc(OC(=O)C34CC5CC(CC(C5)C3)C4)cc2)cc1. The van der Waals surface area contributed by atoms with Crippen molar-refractivity contribution in [2.45, 2.75) is 45.4 Å². The Balaban J connectivity index is 1.27. The standard InChI is InChI=1S/C26H29NO3/c1-17-3-5-21(6-4-17)24(28)27(2)22-7-9-23(10-8-22)30-25(29)26-14-18-11-19(15-26)13-20(12-18)16-26/h3-10,18-20H,11-16H2,1-2H3. The van der Waals surface area contributed by atoms with Gasteiger partial charge >= 0.3 is 5.97 Å². The molecule has 0 saturated heterocycles. The van der Waals surface area contributed by atoms with Crippen LogP contribution in [0.1, 0.15) is 54.4 Å². The predicted octanol–water partition coefficient (Wildman–Crippen LogP) is 5.39. The smallest absolute Gasteiger partial charge is 0.317 e. The molecule has 30 heavy (non-hydrogen) atoms. The van der Waals surface area contributed by atoms with E-state index in [1.165, 1.54) is 19.3 Å². The van der Waals surface area contributed by atoms with E-state index in [-0.39, 0.29) is 17.3 Å². The number of rotatable bonds is 4. The van der Waals surface area contributed by atoms with Crippen molar-refractivity contribution in [1.82, 2.24) is 0 Å². The van der Waals surface area contributed by atoms with Crippen molar-refractivity contribution in [3.8, 4) is 5.75 Å². The molecular formula is C26H29NO3. The quantitative estimate of drug-likeness (QED) is 0.508. The highest BCUT2D eigenvalue weighted by Gasteiger charge is 2.55. The van der Waals surface area contributed by atoms with E-state index in [1.807, 2.05) is 43.3 Å². The molecule has 0 N–H and O–H groups in total. The van der Waals surface area contributed by atoms with Crippen LogP contribution in [-0.4, -0.2) is 18.9 Å². The Kier molecular flexibility index (Phi) is 4.68. The summed E-state index contributed by atoms with van der Waals surface area (Å²) in [6, 6.07) is 14.8. The molecule has 2 aromatic rings. The molecule has 4 heteroatoms. The molecule has 2 aromatic carbocycles. The van der Waals surface area contributed by atoms with Gasteiger partial charge in [0.2, 0.25) is 0 Å². The second-order valence-electron chi connectivity index (χ2n) is 9.81. The Morgan fingerprint density at radius 2 is 1.40 bits per heavy atom. The van der Waals surface area contributed by atoms with Crippen molar-refractivity contribution in [3.63, 3.8) is 0 Å². The maximum Gasteiger partial charge on any atom is 0.317 e. The van der Waals surface area contributed by atoms with Gasteiger partial charge in [-0.1, -0.05) is 17.7 Å². The molecule has 0 heterocycles. The molecule has 0 aliphatic heterocycles. The van der Waals surface area contributed by atoms with Crippen LogP contribution in [0.25, 0.3) is 0 Å². The Hall–Kier alpha value is -2.62. The molecule has 0 radical (unpaired) electrons. The van der Waals surface area contributed by atoms with Crippen molar-refractivity contribution >= 4 is 17.6 Å². The maximum absolute atomic E-state index is 13.1. The minimum atomic E-state index is -0.258. The van der Waals surface area contributed by atoms with Gasteiger partial charge in [0.25, 0.3) is 5.91 Å². The van der Waals surface area contributed by atoms with Gasteiger partial charge in [-0.05, 0) is 99.6 Å². The Bertz CT molecular complexity index is 925. The first-order valence-electron chi connectivity index (χ1n) is 11.1. The van der Waals surface area contributed by atoms with Gasteiger partial charge in [-0.2, -0.15) is 0 Å². The van der Waals surface area contributed by atoms with E-state index in [9.17, 15) is 9.59 Å². The van der Waals surface area contributed by atoms with E-state index in [1.54, 1.807) is 24.1 Å². The molecule has 0 aromatic heterocycles. The summed E-state index contributed by atoms with van der Waals surface area (Å²) in [5.41, 5.74) is 2.29. The fourth-order valence-electron chi connectivity index (χ4n) is 6.32. The second-order valence-corrected chi connectivity index (χ2v) is 9.81. The van der Waals surface area contributed by atoms with Gasteiger partial charge in [0.05, 0.1) is 5.41 Å². The summed E-state index contributed by atoms with van der Waals surface area (Å²) >= 11 is 0. The number of anilines is 1. The first kappa shape index (κ1) is 19.3. The second kappa shape index (κ2) is 7.26. The van der Waals surface area contributed by atoms with E-state index < -0.39 is 0 Å². The van der Waals surface area contributed by atoms with Crippen LogP contribution in [0.5, 0.6) is 5.75 Å². The zero-order chi connectivity index (χ0) is 20.9. The molecule has 4 saturated carbocycles. The predicted molar refractivity (Wildman–Crippen MR) is 117 cm³/mol. The first-order chi connectivity index (χ1) is 14.4. The molecule has 4 bridgehead atoms. The van der Waals surface area contributed by atoms with Gasteiger partial charge in [0, 0.05) is 18.3 Å². The van der Waals surface area contributed by atoms with Crippen molar-refractivity contribution in [2.75, 3.05) is 11.9 Å². The third-order valence-corrected chi connectivity index (χ3v) is 7.51. The lowest BCUT2D eigenvalue weighted by Crippen LogP contribution is -2.51. The number of carbonyl (C=O) groups excluding carboxylic acids is 2. The molecule has 156 valence electrons. The number of amides is 1. The van der Waals surface area contributed by atoms with Gasteiger partial charge in [0.1, 0.15) is 5.75 Å². The number of esters is 1. The Labute approximate surface area is 178 Å². The van der Waals surface area contributed by atoms with Crippen LogP contribution in [0, 0.1) is 30.1 Å². The lowest BCUT2D eigenvalue weighted by Gasteiger charge is -2.55. The summed E-state index contributed by atoms with van der Waals surface area (Å²) < 4.78 is 5.85. The molecule has 4 aliphatic carbocycles. The summed E-state index contributed by atoms with van der Waals surface area (Å²) in [5.74, 6) is 2.61. The van der Waals surface area contributed by atoms with Gasteiger partial charge in [-0.15, -0.1) is 0 Å². The van der Waals surface area contributed by atoms with E-state index in [0.717, 1.165) is 30.5 Å². The summed E-state index contributed by atoms with van der Waals surface area (Å²) in [6.07, 6.45) is 6.94. The zero-order valence-corrected chi connectivity index (χ0v) is 17.8. The topological polar surface area (TPSA) is 46.6 Å². The molecule has 1 amide bonds. The van der Waals surface area contributed by atoms with E-state index in [0.29, 0.717) is 29.1 Å². The number of hydrogen-bond acceptors (Lipinski definition) is 3. The molecule has 4 nitrogen and oxygen atoms in total. The van der Waals surface area contributed by atoms with Gasteiger partial charge < -0.3 is 9.64 Å². The van der Waals surface area contributed by atoms with Gasteiger partial charge in [-0.3, -0.25) is 9.59 Å². The average molecular weight is 404 g/mol. The zero-order valence-electron chi connectivity index (χ0n) is 17.8. The fourth-order valence-corrected chi connectivity index (χ4v) is 6.32. The number of hydrogen-bond donors (Lipinski definition) is 0. The van der Waals surface area contributed by atoms with Crippen LogP contribution >= 0.6 is 0 Å². The van der Waals surface area contributed by atoms with Crippen molar-refractivity contribution in [1.29, 1.82) is 0 Å². The maximum atomic E-state index is 13.1. The van der Waals surface area contributed by atoms with E-state index in [2.05, 4.69) is 0 Å². The summed E-state index contributed by atoms with van der Waals surface area (Å²) in [4.78, 5) is 27.5. The molecule has 6 rings (SSSR count). The number of benzene rings is 2. The molecule has 0 spiro atoms. The minimum Gasteiger partial charge on any atom is -0.426 e. The summed E-state index contributed by atoms with van der Waals surface area (Å²) in [7, 11) is 1.76. The number of carbonyl (C=O) groups is 2. The first-order valence-corrected chi connectivity index (χ1v) is 11.1. The molecule has 0 unspecified atom stereocenters. The highest BCUT2D eigenvalue weighted by molar-refractivity contribution is 6.05. The normalized spacial score (nSPS) is 28.9.